The van der Waals surface area contributed by atoms with Gasteiger partial charge in [0.2, 0.25) is 0 Å². The number of carbonyl (C=O) groups excluding carboxylic acids is 1. The average Bonchev–Trinajstić information content (AvgIpc) is 3.39. The number of nitrogens with one attached hydrogen (secondary N) is 1. The molecule has 1 fully saturated rings. The average molecular weight is 430 g/mol. The number of hydrogen-bond donors (Lipinski definition) is 1. The highest BCUT2D eigenvalue weighted by Crippen LogP contribution is 2.26. The fourth-order valence-corrected chi connectivity index (χ4v) is 3.79. The Kier molecular flexibility index (Phi) is 7.34. The molecule has 0 radical (unpaired) electrons. The van der Waals surface area contributed by atoms with Gasteiger partial charge < -0.3 is 14.3 Å². The first-order valence-corrected chi connectivity index (χ1v) is 10.2. The molecule has 0 spiro atoms. The Morgan fingerprint density at radius 3 is 2.50 bits per heavy atom. The summed E-state index contributed by atoms with van der Waals surface area (Å²) in [6.45, 7) is 6.47. The Morgan fingerprint density at radius 2 is 1.83 bits per heavy atom. The normalized spacial score (nSPS) is 15.4. The van der Waals surface area contributed by atoms with E-state index in [0.717, 1.165) is 30.2 Å². The maximum absolute atomic E-state index is 12.7. The molecular weight excluding hydrogens is 402 g/mol. The van der Waals surface area contributed by atoms with Gasteiger partial charge in [0.1, 0.15) is 11.5 Å². The van der Waals surface area contributed by atoms with E-state index in [9.17, 15) is 4.79 Å². The third-order valence-corrected chi connectivity index (χ3v) is 5.46. The van der Waals surface area contributed by atoms with Gasteiger partial charge in [-0.15, -0.1) is 12.4 Å². The standard InChI is InChI=1S/C23H27N3O3.ClH/c1-16-6-9-18(10-7-16)22-14-19(25-29-22)23(27)24-15-20(21-11-8-17(2)28-21)26-12-4-3-5-13-26;/h6-11,14,20H,3-5,12-13,15H2,1-2H3,(H,24,27);1H. The van der Waals surface area contributed by atoms with E-state index in [1.54, 1.807) is 6.07 Å². The quantitative estimate of drug-likeness (QED) is 0.601. The van der Waals surface area contributed by atoms with Gasteiger partial charge in [-0.3, -0.25) is 9.69 Å². The molecule has 1 aromatic carbocycles. The molecule has 4 rings (SSSR count). The molecule has 2 aromatic heterocycles. The highest BCUT2D eigenvalue weighted by atomic mass is 35.5. The second kappa shape index (κ2) is 9.96. The summed E-state index contributed by atoms with van der Waals surface area (Å²) in [5.41, 5.74) is 2.36. The predicted molar refractivity (Wildman–Crippen MR) is 118 cm³/mol. The van der Waals surface area contributed by atoms with Crippen LogP contribution in [0.4, 0.5) is 0 Å². The van der Waals surface area contributed by atoms with Gasteiger partial charge in [-0.05, 0) is 51.9 Å². The van der Waals surface area contributed by atoms with E-state index in [2.05, 4.69) is 15.4 Å². The summed E-state index contributed by atoms with van der Waals surface area (Å²) in [5, 5.41) is 6.97. The van der Waals surface area contributed by atoms with Crippen LogP contribution in [0.5, 0.6) is 0 Å². The zero-order chi connectivity index (χ0) is 20.2. The van der Waals surface area contributed by atoms with Crippen LogP contribution >= 0.6 is 12.4 Å². The Bertz CT molecular complexity index is 958. The van der Waals surface area contributed by atoms with Crippen LogP contribution in [0.2, 0.25) is 0 Å². The first-order valence-electron chi connectivity index (χ1n) is 10.2. The monoisotopic (exact) mass is 429 g/mol. The number of amides is 1. The van der Waals surface area contributed by atoms with Gasteiger partial charge in [0.15, 0.2) is 11.5 Å². The maximum atomic E-state index is 12.7. The van der Waals surface area contributed by atoms with E-state index in [1.807, 2.05) is 50.2 Å². The fourth-order valence-electron chi connectivity index (χ4n) is 3.79. The number of likely N-dealkylation sites (tertiary alicyclic amines) is 1. The van der Waals surface area contributed by atoms with Gasteiger partial charge in [0.05, 0.1) is 6.04 Å². The van der Waals surface area contributed by atoms with Crippen LogP contribution < -0.4 is 5.32 Å². The Morgan fingerprint density at radius 1 is 1.10 bits per heavy atom. The maximum Gasteiger partial charge on any atom is 0.273 e. The minimum absolute atomic E-state index is 0. The molecular formula is C23H28ClN3O3. The summed E-state index contributed by atoms with van der Waals surface area (Å²) in [4.78, 5) is 15.1. The minimum atomic E-state index is -0.239. The summed E-state index contributed by atoms with van der Waals surface area (Å²) in [5.74, 6) is 2.12. The van der Waals surface area contributed by atoms with E-state index in [-0.39, 0.29) is 30.0 Å². The lowest BCUT2D eigenvalue weighted by atomic mass is 10.1. The number of rotatable bonds is 6. The number of aromatic nitrogens is 1. The summed E-state index contributed by atoms with van der Waals surface area (Å²) in [6, 6.07) is 13.6. The second-order valence-electron chi connectivity index (χ2n) is 7.71. The number of piperidine rings is 1. The smallest absolute Gasteiger partial charge is 0.273 e. The second-order valence-corrected chi connectivity index (χ2v) is 7.71. The number of benzene rings is 1. The van der Waals surface area contributed by atoms with Gasteiger partial charge in [-0.25, -0.2) is 0 Å². The van der Waals surface area contributed by atoms with E-state index < -0.39 is 0 Å². The van der Waals surface area contributed by atoms with Crippen molar-refractivity contribution in [2.45, 2.75) is 39.2 Å². The van der Waals surface area contributed by atoms with Crippen molar-refractivity contribution in [2.75, 3.05) is 19.6 Å². The van der Waals surface area contributed by atoms with Crippen molar-refractivity contribution in [2.24, 2.45) is 0 Å². The zero-order valence-corrected chi connectivity index (χ0v) is 18.2. The van der Waals surface area contributed by atoms with Crippen LogP contribution in [-0.2, 0) is 0 Å². The number of aryl methyl sites for hydroxylation is 2. The van der Waals surface area contributed by atoms with Crippen molar-refractivity contribution < 1.29 is 13.7 Å². The number of halogens is 1. The van der Waals surface area contributed by atoms with Gasteiger partial charge in [0.25, 0.3) is 5.91 Å². The summed E-state index contributed by atoms with van der Waals surface area (Å²) >= 11 is 0. The lowest BCUT2D eigenvalue weighted by Gasteiger charge is -2.33. The van der Waals surface area contributed by atoms with E-state index >= 15 is 0 Å². The molecule has 7 heteroatoms. The van der Waals surface area contributed by atoms with Crippen LogP contribution in [0.3, 0.4) is 0 Å². The summed E-state index contributed by atoms with van der Waals surface area (Å²) < 4.78 is 11.3. The SMILES string of the molecule is Cc1ccc(-c2cc(C(=O)NCC(c3ccc(C)o3)N3CCCCC3)no2)cc1.Cl. The van der Waals surface area contributed by atoms with Gasteiger partial charge in [-0.1, -0.05) is 41.4 Å². The van der Waals surface area contributed by atoms with Crippen molar-refractivity contribution in [3.63, 3.8) is 0 Å². The molecule has 160 valence electrons. The molecule has 1 amide bonds. The molecule has 1 N–H and O–H groups in total. The molecule has 3 heterocycles. The van der Waals surface area contributed by atoms with Gasteiger partial charge in [-0.2, -0.15) is 0 Å². The Labute approximate surface area is 183 Å². The zero-order valence-electron chi connectivity index (χ0n) is 17.4. The van der Waals surface area contributed by atoms with Crippen molar-refractivity contribution in [1.29, 1.82) is 0 Å². The topological polar surface area (TPSA) is 71.5 Å². The number of hydrogen-bond acceptors (Lipinski definition) is 5. The molecule has 0 bridgehead atoms. The Hall–Kier alpha value is -2.57. The van der Waals surface area contributed by atoms with Crippen LogP contribution in [0.1, 0.15) is 52.9 Å². The largest absolute Gasteiger partial charge is 0.465 e. The van der Waals surface area contributed by atoms with Crippen molar-refractivity contribution in [3.05, 3.63) is 65.2 Å². The lowest BCUT2D eigenvalue weighted by molar-refractivity contribution is 0.0905. The highest BCUT2D eigenvalue weighted by molar-refractivity contribution is 5.93. The first-order chi connectivity index (χ1) is 14.1. The summed E-state index contributed by atoms with van der Waals surface area (Å²) in [7, 11) is 0. The van der Waals surface area contributed by atoms with Crippen molar-refractivity contribution in [1.82, 2.24) is 15.4 Å². The third-order valence-electron chi connectivity index (χ3n) is 5.46. The number of carbonyl (C=O) groups is 1. The molecule has 6 nitrogen and oxygen atoms in total. The van der Waals surface area contributed by atoms with Gasteiger partial charge >= 0.3 is 0 Å². The molecule has 1 saturated heterocycles. The van der Waals surface area contributed by atoms with Crippen molar-refractivity contribution >= 4 is 18.3 Å². The van der Waals surface area contributed by atoms with Gasteiger partial charge in [0, 0.05) is 18.2 Å². The molecule has 1 aliphatic rings. The van der Waals surface area contributed by atoms with E-state index in [4.69, 9.17) is 8.94 Å². The van der Waals surface area contributed by atoms with Crippen LogP contribution in [0, 0.1) is 13.8 Å². The number of nitrogens with zero attached hydrogens (tertiary/aromatic N) is 2. The molecule has 1 aliphatic heterocycles. The molecule has 0 aliphatic carbocycles. The fraction of sp³-hybridized carbons (Fsp3) is 0.391. The van der Waals surface area contributed by atoms with Crippen LogP contribution in [0.15, 0.2) is 51.4 Å². The molecule has 1 unspecified atom stereocenters. The van der Waals surface area contributed by atoms with Crippen molar-refractivity contribution in [3.8, 4) is 11.3 Å². The third kappa shape index (κ3) is 5.12. The number of furan rings is 1. The lowest BCUT2D eigenvalue weighted by Crippen LogP contribution is -2.40. The van der Waals surface area contributed by atoms with E-state index in [1.165, 1.54) is 24.8 Å². The van der Waals surface area contributed by atoms with Crippen LogP contribution in [0.25, 0.3) is 11.3 Å². The van der Waals surface area contributed by atoms with E-state index in [0.29, 0.717) is 12.3 Å². The molecule has 1 atom stereocenters. The Balaban J connectivity index is 0.00000256. The predicted octanol–water partition coefficient (Wildman–Crippen LogP) is 4.93. The highest BCUT2D eigenvalue weighted by Gasteiger charge is 2.26. The molecule has 0 saturated carbocycles. The first kappa shape index (κ1) is 22.1. The minimum Gasteiger partial charge on any atom is -0.465 e. The van der Waals surface area contributed by atoms with Crippen LogP contribution in [-0.4, -0.2) is 35.6 Å². The summed E-state index contributed by atoms with van der Waals surface area (Å²) in [6.07, 6.45) is 3.61. The molecule has 30 heavy (non-hydrogen) atoms. The molecule has 3 aromatic rings.